The van der Waals surface area contributed by atoms with E-state index in [0.717, 1.165) is 4.90 Å². The number of imide groups is 1. The van der Waals surface area contributed by atoms with E-state index in [1.807, 2.05) is 0 Å². The molecule has 0 bridgehead atoms. The van der Waals surface area contributed by atoms with Crippen LogP contribution in [0.25, 0.3) is 0 Å². The molecule has 6 nitrogen and oxygen atoms in total. The maximum absolute atomic E-state index is 13.1. The van der Waals surface area contributed by atoms with Crippen LogP contribution in [0.1, 0.15) is 29.6 Å². The van der Waals surface area contributed by atoms with Gasteiger partial charge in [-0.25, -0.2) is 9.29 Å². The zero-order chi connectivity index (χ0) is 21.3. The number of carbonyl (C=O) groups is 3. The minimum Gasteiger partial charge on any atom is -0.339 e. The van der Waals surface area contributed by atoms with E-state index in [1.165, 1.54) is 24.3 Å². The molecule has 8 heteroatoms. The molecule has 156 valence electrons. The molecule has 0 spiro atoms. The average molecular weight is 430 g/mol. The third kappa shape index (κ3) is 4.22. The minimum absolute atomic E-state index is 0.0309. The van der Waals surface area contributed by atoms with Gasteiger partial charge >= 0.3 is 0 Å². The molecular weight excluding hydrogens is 409 g/mol. The SMILES string of the molecule is O=C(c1cccc(Cl)c1)N1CCC(NC2CC(=O)N(c3ccc(F)cc3)C2=O)CC1. The molecule has 2 fully saturated rings. The van der Waals surface area contributed by atoms with Crippen LogP contribution < -0.4 is 10.2 Å². The van der Waals surface area contributed by atoms with Crippen LogP contribution in [-0.2, 0) is 9.59 Å². The van der Waals surface area contributed by atoms with Crippen molar-refractivity contribution in [1.82, 2.24) is 10.2 Å². The Labute approximate surface area is 178 Å². The number of benzene rings is 2. The number of hydrogen-bond acceptors (Lipinski definition) is 4. The van der Waals surface area contributed by atoms with E-state index in [-0.39, 0.29) is 30.2 Å². The van der Waals surface area contributed by atoms with Gasteiger partial charge in [-0.1, -0.05) is 17.7 Å². The number of amides is 3. The normalized spacial score (nSPS) is 20.1. The predicted molar refractivity (Wildman–Crippen MR) is 111 cm³/mol. The van der Waals surface area contributed by atoms with Crippen LogP contribution in [0.5, 0.6) is 0 Å². The molecule has 0 aliphatic carbocycles. The first-order valence-electron chi connectivity index (χ1n) is 9.85. The molecule has 0 aromatic heterocycles. The lowest BCUT2D eigenvalue weighted by molar-refractivity contribution is -0.121. The highest BCUT2D eigenvalue weighted by Crippen LogP contribution is 2.24. The lowest BCUT2D eigenvalue weighted by Crippen LogP contribution is -2.49. The average Bonchev–Trinajstić information content (AvgIpc) is 3.02. The number of nitrogens with one attached hydrogen (secondary N) is 1. The van der Waals surface area contributed by atoms with Gasteiger partial charge in [0, 0.05) is 29.7 Å². The first-order valence-corrected chi connectivity index (χ1v) is 10.2. The van der Waals surface area contributed by atoms with Crippen LogP contribution in [0.2, 0.25) is 5.02 Å². The highest BCUT2D eigenvalue weighted by Gasteiger charge is 2.40. The second-order valence-corrected chi connectivity index (χ2v) is 7.98. The zero-order valence-corrected chi connectivity index (χ0v) is 16.9. The number of hydrogen-bond donors (Lipinski definition) is 1. The summed E-state index contributed by atoms with van der Waals surface area (Å²) < 4.78 is 13.1. The van der Waals surface area contributed by atoms with Gasteiger partial charge in [0.25, 0.3) is 11.8 Å². The monoisotopic (exact) mass is 429 g/mol. The number of nitrogens with zero attached hydrogens (tertiary/aromatic N) is 2. The van der Waals surface area contributed by atoms with E-state index in [2.05, 4.69) is 5.32 Å². The maximum atomic E-state index is 13.1. The molecule has 30 heavy (non-hydrogen) atoms. The molecule has 2 aromatic carbocycles. The van der Waals surface area contributed by atoms with Crippen molar-refractivity contribution >= 4 is 35.0 Å². The van der Waals surface area contributed by atoms with Crippen LogP contribution in [0, 0.1) is 5.82 Å². The van der Waals surface area contributed by atoms with Gasteiger partial charge in [-0.2, -0.15) is 0 Å². The Bertz CT molecular complexity index is 974. The predicted octanol–water partition coefficient (Wildman–Crippen LogP) is 3.01. The number of carbonyl (C=O) groups excluding carboxylic acids is 3. The number of piperidine rings is 1. The second-order valence-electron chi connectivity index (χ2n) is 7.54. The summed E-state index contributed by atoms with van der Waals surface area (Å²) in [4.78, 5) is 40.6. The van der Waals surface area contributed by atoms with Gasteiger partial charge in [0.2, 0.25) is 5.91 Å². The summed E-state index contributed by atoms with van der Waals surface area (Å²) in [6.45, 7) is 1.11. The molecule has 0 saturated carbocycles. The fourth-order valence-corrected chi connectivity index (χ4v) is 4.15. The zero-order valence-electron chi connectivity index (χ0n) is 16.2. The van der Waals surface area contributed by atoms with Gasteiger partial charge in [-0.3, -0.25) is 14.4 Å². The Morgan fingerprint density at radius 1 is 1.07 bits per heavy atom. The third-order valence-corrected chi connectivity index (χ3v) is 5.76. The minimum atomic E-state index is -0.609. The molecule has 1 unspecified atom stereocenters. The molecule has 2 heterocycles. The van der Waals surface area contributed by atoms with E-state index < -0.39 is 11.9 Å². The molecule has 2 aliphatic heterocycles. The standard InChI is InChI=1S/C22H21ClFN3O3/c23-15-3-1-2-14(12-15)21(29)26-10-8-17(9-11-26)25-19-13-20(28)27(22(19)30)18-6-4-16(24)5-7-18/h1-7,12,17,19,25H,8-11,13H2. The Morgan fingerprint density at radius 3 is 2.43 bits per heavy atom. The molecule has 2 aliphatic rings. The van der Waals surface area contributed by atoms with Gasteiger partial charge in [0.1, 0.15) is 5.82 Å². The Morgan fingerprint density at radius 2 is 1.77 bits per heavy atom. The molecule has 1 atom stereocenters. The molecule has 2 aromatic rings. The maximum Gasteiger partial charge on any atom is 0.253 e. The Kier molecular flexibility index (Phi) is 5.83. The molecule has 3 amide bonds. The summed E-state index contributed by atoms with van der Waals surface area (Å²) in [6.07, 6.45) is 1.43. The fraction of sp³-hybridized carbons (Fsp3) is 0.318. The van der Waals surface area contributed by atoms with Gasteiger partial charge in [0.05, 0.1) is 18.2 Å². The van der Waals surface area contributed by atoms with Gasteiger partial charge in [0.15, 0.2) is 0 Å². The van der Waals surface area contributed by atoms with E-state index >= 15 is 0 Å². The second kappa shape index (κ2) is 8.53. The van der Waals surface area contributed by atoms with Crippen LogP contribution in [0.3, 0.4) is 0 Å². The Hall–Kier alpha value is -2.77. The van der Waals surface area contributed by atoms with E-state index in [1.54, 1.807) is 29.2 Å². The lowest BCUT2D eigenvalue weighted by atomic mass is 10.0. The first kappa shape index (κ1) is 20.5. The fourth-order valence-electron chi connectivity index (χ4n) is 3.96. The van der Waals surface area contributed by atoms with Crippen molar-refractivity contribution in [3.8, 4) is 0 Å². The van der Waals surface area contributed by atoms with Crippen molar-refractivity contribution in [3.05, 3.63) is 64.9 Å². The highest BCUT2D eigenvalue weighted by molar-refractivity contribution is 6.31. The largest absolute Gasteiger partial charge is 0.339 e. The summed E-state index contributed by atoms with van der Waals surface area (Å²) >= 11 is 5.97. The summed E-state index contributed by atoms with van der Waals surface area (Å²) in [6, 6.07) is 11.6. The van der Waals surface area contributed by atoms with Crippen molar-refractivity contribution in [2.24, 2.45) is 0 Å². The van der Waals surface area contributed by atoms with E-state index in [9.17, 15) is 18.8 Å². The van der Waals surface area contributed by atoms with Gasteiger partial charge in [-0.15, -0.1) is 0 Å². The van der Waals surface area contributed by atoms with Crippen molar-refractivity contribution in [3.63, 3.8) is 0 Å². The summed E-state index contributed by atoms with van der Waals surface area (Å²) in [5.41, 5.74) is 0.929. The quantitative estimate of drug-likeness (QED) is 0.758. The van der Waals surface area contributed by atoms with Crippen molar-refractivity contribution in [2.75, 3.05) is 18.0 Å². The van der Waals surface area contributed by atoms with E-state index in [0.29, 0.717) is 42.2 Å². The van der Waals surface area contributed by atoms with Crippen LogP contribution in [0.4, 0.5) is 10.1 Å². The Balaban J connectivity index is 1.34. The van der Waals surface area contributed by atoms with Crippen molar-refractivity contribution in [1.29, 1.82) is 0 Å². The summed E-state index contributed by atoms with van der Waals surface area (Å²) in [7, 11) is 0. The number of rotatable bonds is 4. The topological polar surface area (TPSA) is 69.7 Å². The van der Waals surface area contributed by atoms with Gasteiger partial charge < -0.3 is 10.2 Å². The number of likely N-dealkylation sites (tertiary alicyclic amines) is 1. The van der Waals surface area contributed by atoms with E-state index in [4.69, 9.17) is 11.6 Å². The van der Waals surface area contributed by atoms with Gasteiger partial charge in [-0.05, 0) is 55.3 Å². The van der Waals surface area contributed by atoms with Crippen molar-refractivity contribution in [2.45, 2.75) is 31.3 Å². The molecule has 0 radical (unpaired) electrons. The summed E-state index contributed by atoms with van der Waals surface area (Å²) in [5.74, 6) is -1.13. The van der Waals surface area contributed by atoms with Crippen LogP contribution in [-0.4, -0.2) is 47.8 Å². The molecule has 2 saturated heterocycles. The van der Waals surface area contributed by atoms with Crippen molar-refractivity contribution < 1.29 is 18.8 Å². The van der Waals surface area contributed by atoms with Crippen LogP contribution in [0.15, 0.2) is 48.5 Å². The smallest absolute Gasteiger partial charge is 0.253 e. The number of halogens is 2. The van der Waals surface area contributed by atoms with Crippen LogP contribution >= 0.6 is 11.6 Å². The molecule has 1 N–H and O–H groups in total. The first-order chi connectivity index (χ1) is 14.4. The molecule has 4 rings (SSSR count). The number of anilines is 1. The summed E-state index contributed by atoms with van der Waals surface area (Å²) in [5, 5.41) is 3.79. The lowest BCUT2D eigenvalue weighted by Gasteiger charge is -2.33. The highest BCUT2D eigenvalue weighted by atomic mass is 35.5. The molecular formula is C22H21ClFN3O3. The third-order valence-electron chi connectivity index (χ3n) is 5.52.